The number of nitrogens with zero attached hydrogens (tertiary/aromatic N) is 2. The van der Waals surface area contributed by atoms with E-state index < -0.39 is 10.0 Å². The predicted molar refractivity (Wildman–Crippen MR) is 73.1 cm³/mol. The van der Waals surface area contributed by atoms with E-state index in [0.29, 0.717) is 18.0 Å². The molecular formula is C12H23N3O2S. The maximum Gasteiger partial charge on any atom is 0.244 e. The van der Waals surface area contributed by atoms with E-state index in [9.17, 15) is 8.42 Å². The van der Waals surface area contributed by atoms with Gasteiger partial charge in [0.05, 0.1) is 0 Å². The maximum atomic E-state index is 12.2. The Morgan fingerprint density at radius 1 is 1.44 bits per heavy atom. The molecule has 0 aliphatic rings. The predicted octanol–water partition coefficient (Wildman–Crippen LogP) is 1.43. The molecule has 0 radical (unpaired) electrons. The first-order chi connectivity index (χ1) is 8.34. The first-order valence-corrected chi connectivity index (χ1v) is 7.60. The average Bonchev–Trinajstić information content (AvgIpc) is 2.73. The largest absolute Gasteiger partial charge is 0.346 e. The van der Waals surface area contributed by atoms with Gasteiger partial charge in [-0.15, -0.1) is 0 Å². The lowest BCUT2D eigenvalue weighted by Crippen LogP contribution is -2.26. The van der Waals surface area contributed by atoms with Gasteiger partial charge < -0.3 is 9.88 Å². The van der Waals surface area contributed by atoms with Gasteiger partial charge in [0, 0.05) is 38.1 Å². The number of hydrogen-bond acceptors (Lipinski definition) is 3. The minimum absolute atomic E-state index is 0.240. The van der Waals surface area contributed by atoms with E-state index in [1.54, 1.807) is 19.3 Å². The highest BCUT2D eigenvalue weighted by atomic mass is 32.2. The lowest BCUT2D eigenvalue weighted by atomic mass is 10.3. The van der Waals surface area contributed by atoms with Gasteiger partial charge in [-0.3, -0.25) is 0 Å². The molecule has 0 bridgehead atoms. The van der Waals surface area contributed by atoms with E-state index in [4.69, 9.17) is 0 Å². The monoisotopic (exact) mass is 273 g/mol. The van der Waals surface area contributed by atoms with E-state index in [1.807, 2.05) is 32.4 Å². The Morgan fingerprint density at radius 2 is 2.06 bits per heavy atom. The fourth-order valence-corrected chi connectivity index (χ4v) is 3.02. The van der Waals surface area contributed by atoms with Gasteiger partial charge >= 0.3 is 0 Å². The van der Waals surface area contributed by atoms with Gasteiger partial charge in [-0.2, -0.15) is 0 Å². The van der Waals surface area contributed by atoms with Gasteiger partial charge in [0.15, 0.2) is 0 Å². The Kier molecular flexibility index (Phi) is 4.95. The normalized spacial score (nSPS) is 12.6. The topological polar surface area (TPSA) is 54.3 Å². The molecule has 5 nitrogen and oxygen atoms in total. The van der Waals surface area contributed by atoms with E-state index in [2.05, 4.69) is 5.32 Å². The van der Waals surface area contributed by atoms with Crippen molar-refractivity contribution in [3.63, 3.8) is 0 Å². The minimum Gasteiger partial charge on any atom is -0.346 e. The zero-order valence-electron chi connectivity index (χ0n) is 11.8. The third-order valence-corrected chi connectivity index (χ3v) is 4.87. The van der Waals surface area contributed by atoms with E-state index in [0.717, 1.165) is 5.69 Å². The van der Waals surface area contributed by atoms with Crippen molar-refractivity contribution in [1.82, 2.24) is 14.2 Å². The minimum atomic E-state index is -3.36. The average molecular weight is 273 g/mol. The lowest BCUT2D eigenvalue weighted by molar-refractivity contribution is 0.485. The van der Waals surface area contributed by atoms with Crippen molar-refractivity contribution in [2.45, 2.75) is 38.3 Å². The molecule has 0 aliphatic carbocycles. The molecule has 0 atom stereocenters. The van der Waals surface area contributed by atoms with Gasteiger partial charge in [-0.1, -0.05) is 6.92 Å². The maximum absolute atomic E-state index is 12.2. The third kappa shape index (κ3) is 2.93. The fraction of sp³-hybridized carbons (Fsp3) is 0.667. The summed E-state index contributed by atoms with van der Waals surface area (Å²) in [7, 11) is 0.0904. The Morgan fingerprint density at radius 3 is 2.50 bits per heavy atom. The molecular weight excluding hydrogens is 250 g/mol. The van der Waals surface area contributed by atoms with Crippen LogP contribution in [0, 0.1) is 0 Å². The summed E-state index contributed by atoms with van der Waals surface area (Å²) in [6, 6.07) is 1.99. The van der Waals surface area contributed by atoms with Crippen molar-refractivity contribution in [1.29, 1.82) is 0 Å². The molecule has 0 aliphatic heterocycles. The van der Waals surface area contributed by atoms with Gasteiger partial charge in [0.1, 0.15) is 4.90 Å². The summed E-state index contributed by atoms with van der Waals surface area (Å²) in [5, 5.41) is 3.06. The molecule has 1 aromatic heterocycles. The molecule has 0 unspecified atom stereocenters. The smallest absolute Gasteiger partial charge is 0.244 e. The highest BCUT2D eigenvalue weighted by Gasteiger charge is 2.22. The molecule has 0 saturated carbocycles. The molecule has 1 heterocycles. The second kappa shape index (κ2) is 5.86. The molecule has 0 fully saturated rings. The second-order valence-corrected chi connectivity index (χ2v) is 6.66. The highest BCUT2D eigenvalue weighted by Crippen LogP contribution is 2.21. The zero-order valence-corrected chi connectivity index (χ0v) is 12.6. The van der Waals surface area contributed by atoms with Crippen molar-refractivity contribution in [3.8, 4) is 0 Å². The van der Waals surface area contributed by atoms with E-state index in [-0.39, 0.29) is 6.04 Å². The summed E-state index contributed by atoms with van der Waals surface area (Å²) in [4.78, 5) is 0.366. The van der Waals surface area contributed by atoms with Gasteiger partial charge in [0.25, 0.3) is 0 Å². The first-order valence-electron chi connectivity index (χ1n) is 6.16. The van der Waals surface area contributed by atoms with Crippen LogP contribution in [0.2, 0.25) is 0 Å². The Labute approximate surface area is 110 Å². The summed E-state index contributed by atoms with van der Waals surface area (Å²) < 4.78 is 27.8. The molecule has 18 heavy (non-hydrogen) atoms. The highest BCUT2D eigenvalue weighted by molar-refractivity contribution is 7.89. The standard InChI is InChI=1S/C12H23N3O2S/c1-6-14(5)18(16,17)12-7-11(8-13-4)15(9-12)10(2)3/h7,9-10,13H,6,8H2,1-5H3. The second-order valence-electron chi connectivity index (χ2n) is 4.62. The number of nitrogens with one attached hydrogen (secondary N) is 1. The van der Waals surface area contributed by atoms with Crippen molar-refractivity contribution >= 4 is 10.0 Å². The molecule has 104 valence electrons. The first kappa shape index (κ1) is 15.2. The van der Waals surface area contributed by atoms with Crippen LogP contribution in [-0.4, -0.2) is 37.9 Å². The van der Waals surface area contributed by atoms with Crippen molar-refractivity contribution in [3.05, 3.63) is 18.0 Å². The quantitative estimate of drug-likeness (QED) is 0.853. The summed E-state index contributed by atoms with van der Waals surface area (Å²) in [6.45, 7) is 7.03. The van der Waals surface area contributed by atoms with Crippen molar-refractivity contribution in [2.75, 3.05) is 20.6 Å². The van der Waals surface area contributed by atoms with Crippen LogP contribution in [0.15, 0.2) is 17.2 Å². The van der Waals surface area contributed by atoms with Crippen molar-refractivity contribution < 1.29 is 8.42 Å². The third-order valence-electron chi connectivity index (χ3n) is 2.97. The zero-order chi connectivity index (χ0) is 13.9. The van der Waals surface area contributed by atoms with Gasteiger partial charge in [-0.25, -0.2) is 12.7 Å². The van der Waals surface area contributed by atoms with Crippen LogP contribution >= 0.6 is 0 Å². The molecule has 0 aromatic carbocycles. The molecule has 0 amide bonds. The molecule has 0 saturated heterocycles. The molecule has 1 rings (SSSR count). The van der Waals surface area contributed by atoms with Crippen LogP contribution in [0.3, 0.4) is 0 Å². The van der Waals surface area contributed by atoms with E-state index in [1.165, 1.54) is 4.31 Å². The van der Waals surface area contributed by atoms with Crippen LogP contribution < -0.4 is 5.32 Å². The lowest BCUT2D eigenvalue weighted by Gasteiger charge is -2.13. The Bertz CT molecular complexity index is 491. The van der Waals surface area contributed by atoms with Crippen LogP contribution in [0.5, 0.6) is 0 Å². The molecule has 0 spiro atoms. The van der Waals surface area contributed by atoms with Gasteiger partial charge in [0.2, 0.25) is 10.0 Å². The Balaban J connectivity index is 3.23. The summed E-state index contributed by atoms with van der Waals surface area (Å²) in [5.74, 6) is 0. The van der Waals surface area contributed by atoms with Crippen molar-refractivity contribution in [2.24, 2.45) is 0 Å². The number of hydrogen-bond donors (Lipinski definition) is 1. The number of rotatable bonds is 6. The summed E-state index contributed by atoms with van der Waals surface area (Å²) in [5.41, 5.74) is 0.982. The van der Waals surface area contributed by atoms with Crippen LogP contribution in [0.1, 0.15) is 32.5 Å². The fourth-order valence-electron chi connectivity index (χ4n) is 1.79. The Hall–Kier alpha value is -0.850. The van der Waals surface area contributed by atoms with Crippen LogP contribution in [-0.2, 0) is 16.6 Å². The summed E-state index contributed by atoms with van der Waals surface area (Å²) in [6.07, 6.45) is 1.72. The molecule has 1 N–H and O–H groups in total. The molecule has 6 heteroatoms. The van der Waals surface area contributed by atoms with Crippen LogP contribution in [0.4, 0.5) is 0 Å². The number of sulfonamides is 1. The summed E-state index contributed by atoms with van der Waals surface area (Å²) >= 11 is 0. The molecule has 1 aromatic rings. The van der Waals surface area contributed by atoms with Crippen LogP contribution in [0.25, 0.3) is 0 Å². The number of aromatic nitrogens is 1. The van der Waals surface area contributed by atoms with E-state index >= 15 is 0 Å². The van der Waals surface area contributed by atoms with Gasteiger partial charge in [-0.05, 0) is 27.0 Å². The SMILES string of the molecule is CCN(C)S(=O)(=O)c1cc(CNC)n(C(C)C)c1.